The Labute approximate surface area is 102 Å². The van der Waals surface area contributed by atoms with Crippen LogP contribution in [-0.4, -0.2) is 25.8 Å². The molecule has 0 fully saturated rings. The summed E-state index contributed by atoms with van der Waals surface area (Å²) in [5.41, 5.74) is -0.106. The fraction of sp³-hybridized carbons (Fsp3) is 0.778. The smallest absolute Gasteiger partial charge is 0.270 e. The number of hydrogen-bond acceptors (Lipinski definition) is 3. The van der Waals surface area contributed by atoms with E-state index in [9.17, 15) is 4.79 Å². The van der Waals surface area contributed by atoms with E-state index in [-0.39, 0.29) is 5.69 Å². The van der Waals surface area contributed by atoms with Crippen molar-refractivity contribution in [3.8, 4) is 0 Å². The standard InChI is InChI=1S/C9H16BrN3OS/c1-3-4-13-8(14)11-12-9(13)15-6-7(2)5-10/h7H,3-6H2,1-2H3,(H,11,14). The third-order valence-corrected chi connectivity index (χ3v) is 4.34. The predicted octanol–water partition coefficient (Wildman–Crippen LogP) is 2.10. The molecule has 1 N–H and O–H groups in total. The molecule has 0 bridgehead atoms. The van der Waals surface area contributed by atoms with Crippen molar-refractivity contribution in [2.24, 2.45) is 5.92 Å². The van der Waals surface area contributed by atoms with E-state index >= 15 is 0 Å². The molecule has 1 unspecified atom stereocenters. The van der Waals surface area contributed by atoms with Crippen LogP contribution in [0.1, 0.15) is 20.3 Å². The largest absolute Gasteiger partial charge is 0.343 e. The SMILES string of the molecule is CCCn1c(SCC(C)CBr)n[nH]c1=O. The van der Waals surface area contributed by atoms with Gasteiger partial charge < -0.3 is 0 Å². The summed E-state index contributed by atoms with van der Waals surface area (Å²) in [4.78, 5) is 11.4. The summed E-state index contributed by atoms with van der Waals surface area (Å²) >= 11 is 5.06. The van der Waals surface area contributed by atoms with Crippen molar-refractivity contribution in [3.63, 3.8) is 0 Å². The number of thioether (sulfide) groups is 1. The van der Waals surface area contributed by atoms with Gasteiger partial charge in [-0.2, -0.15) is 0 Å². The van der Waals surface area contributed by atoms with Crippen molar-refractivity contribution in [3.05, 3.63) is 10.5 Å². The lowest BCUT2D eigenvalue weighted by Gasteiger charge is -2.06. The highest BCUT2D eigenvalue weighted by Crippen LogP contribution is 2.18. The Kier molecular flexibility index (Phi) is 5.45. The Morgan fingerprint density at radius 1 is 1.67 bits per heavy atom. The molecule has 0 aliphatic rings. The molecule has 1 aromatic rings. The number of hydrogen-bond donors (Lipinski definition) is 1. The van der Waals surface area contributed by atoms with Gasteiger partial charge in [0.25, 0.3) is 0 Å². The predicted molar refractivity (Wildman–Crippen MR) is 66.8 cm³/mol. The van der Waals surface area contributed by atoms with E-state index in [0.717, 1.165) is 29.2 Å². The minimum absolute atomic E-state index is 0.106. The number of halogens is 1. The molecule has 6 heteroatoms. The van der Waals surface area contributed by atoms with Gasteiger partial charge in [-0.25, -0.2) is 9.89 Å². The molecule has 1 aromatic heterocycles. The maximum Gasteiger partial charge on any atom is 0.343 e. The molecule has 0 saturated carbocycles. The minimum atomic E-state index is -0.106. The number of alkyl halides is 1. The minimum Gasteiger partial charge on any atom is -0.270 e. The van der Waals surface area contributed by atoms with Crippen LogP contribution < -0.4 is 5.69 Å². The molecule has 0 aromatic carbocycles. The van der Waals surface area contributed by atoms with Gasteiger partial charge in [-0.05, 0) is 12.3 Å². The van der Waals surface area contributed by atoms with Crippen LogP contribution in [0.15, 0.2) is 9.95 Å². The van der Waals surface area contributed by atoms with Crippen molar-refractivity contribution in [2.45, 2.75) is 32.0 Å². The number of rotatable bonds is 6. The summed E-state index contributed by atoms with van der Waals surface area (Å²) in [6.45, 7) is 4.95. The van der Waals surface area contributed by atoms with Crippen molar-refractivity contribution >= 4 is 27.7 Å². The van der Waals surface area contributed by atoms with E-state index in [1.165, 1.54) is 0 Å². The average molecular weight is 294 g/mol. The molecule has 1 heterocycles. The Morgan fingerprint density at radius 2 is 2.40 bits per heavy atom. The maximum absolute atomic E-state index is 11.4. The highest BCUT2D eigenvalue weighted by atomic mass is 79.9. The molecule has 0 amide bonds. The van der Waals surface area contributed by atoms with Crippen LogP contribution in [0.3, 0.4) is 0 Å². The van der Waals surface area contributed by atoms with E-state index < -0.39 is 0 Å². The number of aromatic nitrogens is 3. The lowest BCUT2D eigenvalue weighted by Crippen LogP contribution is -2.17. The third kappa shape index (κ3) is 3.68. The first-order valence-electron chi connectivity index (χ1n) is 5.03. The number of nitrogens with zero attached hydrogens (tertiary/aromatic N) is 2. The Balaban J connectivity index is 2.64. The maximum atomic E-state index is 11.4. The number of H-pyrrole nitrogens is 1. The van der Waals surface area contributed by atoms with E-state index in [1.54, 1.807) is 16.3 Å². The molecule has 0 spiro atoms. The molecular weight excluding hydrogens is 278 g/mol. The summed E-state index contributed by atoms with van der Waals surface area (Å²) < 4.78 is 1.70. The van der Waals surface area contributed by atoms with Gasteiger partial charge in [0.15, 0.2) is 5.16 Å². The molecule has 0 saturated heterocycles. The van der Waals surface area contributed by atoms with Gasteiger partial charge in [0, 0.05) is 17.6 Å². The Bertz CT molecular complexity index is 349. The quantitative estimate of drug-likeness (QED) is 0.646. The lowest BCUT2D eigenvalue weighted by atomic mass is 10.3. The molecule has 4 nitrogen and oxygen atoms in total. The second kappa shape index (κ2) is 6.37. The zero-order chi connectivity index (χ0) is 11.3. The third-order valence-electron chi connectivity index (χ3n) is 1.93. The number of nitrogens with one attached hydrogen (secondary N) is 1. The molecule has 0 aliphatic heterocycles. The second-order valence-corrected chi connectivity index (χ2v) is 5.17. The van der Waals surface area contributed by atoms with Crippen molar-refractivity contribution in [1.82, 2.24) is 14.8 Å². The molecule has 15 heavy (non-hydrogen) atoms. The first kappa shape index (κ1) is 12.8. The van der Waals surface area contributed by atoms with Gasteiger partial charge in [-0.3, -0.25) is 4.57 Å². The van der Waals surface area contributed by atoms with Crippen LogP contribution in [-0.2, 0) is 6.54 Å². The van der Waals surface area contributed by atoms with Crippen molar-refractivity contribution in [2.75, 3.05) is 11.1 Å². The van der Waals surface area contributed by atoms with Crippen LogP contribution >= 0.6 is 27.7 Å². The van der Waals surface area contributed by atoms with Gasteiger partial charge in [0.2, 0.25) is 0 Å². The normalized spacial score (nSPS) is 13.0. The highest BCUT2D eigenvalue weighted by molar-refractivity contribution is 9.09. The first-order chi connectivity index (χ1) is 7.19. The van der Waals surface area contributed by atoms with Crippen LogP contribution in [0.25, 0.3) is 0 Å². The second-order valence-electron chi connectivity index (χ2n) is 3.53. The van der Waals surface area contributed by atoms with E-state index in [4.69, 9.17) is 0 Å². The molecular formula is C9H16BrN3OS. The fourth-order valence-corrected chi connectivity index (χ4v) is 2.62. The van der Waals surface area contributed by atoms with Gasteiger partial charge in [0.1, 0.15) is 0 Å². The average Bonchev–Trinajstić information content (AvgIpc) is 2.58. The topological polar surface area (TPSA) is 50.7 Å². The molecule has 0 aliphatic carbocycles. The zero-order valence-corrected chi connectivity index (χ0v) is 11.4. The van der Waals surface area contributed by atoms with Crippen LogP contribution in [0.2, 0.25) is 0 Å². The summed E-state index contributed by atoms with van der Waals surface area (Å²) in [7, 11) is 0. The van der Waals surface area contributed by atoms with Gasteiger partial charge in [-0.15, -0.1) is 5.10 Å². The van der Waals surface area contributed by atoms with Gasteiger partial charge in [-0.1, -0.05) is 41.5 Å². The highest BCUT2D eigenvalue weighted by Gasteiger charge is 2.09. The lowest BCUT2D eigenvalue weighted by molar-refractivity contribution is 0.602. The summed E-state index contributed by atoms with van der Waals surface area (Å²) in [5.74, 6) is 1.55. The van der Waals surface area contributed by atoms with Gasteiger partial charge in [0.05, 0.1) is 0 Å². The fourth-order valence-electron chi connectivity index (χ4n) is 1.10. The monoisotopic (exact) mass is 293 g/mol. The molecule has 1 rings (SSSR count). The van der Waals surface area contributed by atoms with Crippen LogP contribution in [0, 0.1) is 5.92 Å². The Hall–Kier alpha value is -0.230. The number of aromatic amines is 1. The van der Waals surface area contributed by atoms with Crippen molar-refractivity contribution < 1.29 is 0 Å². The first-order valence-corrected chi connectivity index (χ1v) is 7.13. The van der Waals surface area contributed by atoms with Crippen LogP contribution in [0.4, 0.5) is 0 Å². The van der Waals surface area contributed by atoms with E-state index in [2.05, 4.69) is 40.0 Å². The van der Waals surface area contributed by atoms with Gasteiger partial charge >= 0.3 is 5.69 Å². The molecule has 1 atom stereocenters. The summed E-state index contributed by atoms with van der Waals surface area (Å²) in [5, 5.41) is 8.28. The molecule has 86 valence electrons. The summed E-state index contributed by atoms with van der Waals surface area (Å²) in [6, 6.07) is 0. The zero-order valence-electron chi connectivity index (χ0n) is 8.99. The van der Waals surface area contributed by atoms with E-state index in [1.807, 2.05) is 0 Å². The van der Waals surface area contributed by atoms with Crippen molar-refractivity contribution in [1.29, 1.82) is 0 Å². The summed E-state index contributed by atoms with van der Waals surface area (Å²) in [6.07, 6.45) is 0.945. The molecule has 0 radical (unpaired) electrons. The van der Waals surface area contributed by atoms with E-state index in [0.29, 0.717) is 5.92 Å². The van der Waals surface area contributed by atoms with Crippen LogP contribution in [0.5, 0.6) is 0 Å². The Morgan fingerprint density at radius 3 is 3.00 bits per heavy atom.